The van der Waals surface area contributed by atoms with Crippen LogP contribution >= 0.6 is 0 Å². The van der Waals surface area contributed by atoms with E-state index in [2.05, 4.69) is 6.92 Å². The topological polar surface area (TPSA) is 60.8 Å². The fourth-order valence-electron chi connectivity index (χ4n) is 2.53. The van der Waals surface area contributed by atoms with Crippen molar-refractivity contribution >= 4 is 5.91 Å². The Morgan fingerprint density at radius 1 is 1.29 bits per heavy atom. The Hall–Kier alpha value is -0.610. The van der Waals surface area contributed by atoms with Crippen molar-refractivity contribution in [3.8, 4) is 0 Å². The summed E-state index contributed by atoms with van der Waals surface area (Å²) >= 11 is 0. The number of aliphatic hydroxyl groups is 2. The van der Waals surface area contributed by atoms with Gasteiger partial charge in [0.2, 0.25) is 5.91 Å². The molecule has 2 saturated heterocycles. The van der Waals surface area contributed by atoms with E-state index in [9.17, 15) is 15.0 Å². The second kappa shape index (κ2) is 3.51. The molecule has 1 amide bonds. The Kier molecular flexibility index (Phi) is 2.49. The van der Waals surface area contributed by atoms with Crippen molar-refractivity contribution in [2.75, 3.05) is 6.54 Å². The molecule has 0 spiro atoms. The van der Waals surface area contributed by atoms with Gasteiger partial charge in [-0.1, -0.05) is 6.92 Å². The highest BCUT2D eigenvalue weighted by atomic mass is 16.3. The minimum atomic E-state index is -0.761. The maximum Gasteiger partial charge on any atom is 0.223 e. The van der Waals surface area contributed by atoms with Gasteiger partial charge in [0.25, 0.3) is 0 Å². The fourth-order valence-corrected chi connectivity index (χ4v) is 2.53. The molecule has 0 radical (unpaired) electrons. The lowest BCUT2D eigenvalue weighted by Crippen LogP contribution is -2.57. The molecule has 4 unspecified atom stereocenters. The van der Waals surface area contributed by atoms with Gasteiger partial charge in [-0.25, -0.2) is 0 Å². The van der Waals surface area contributed by atoms with Crippen molar-refractivity contribution in [2.24, 2.45) is 5.92 Å². The van der Waals surface area contributed by atoms with E-state index in [0.29, 0.717) is 25.3 Å². The highest BCUT2D eigenvalue weighted by molar-refractivity contribution is 5.77. The summed E-state index contributed by atoms with van der Waals surface area (Å²) in [5, 5.41) is 19.0. The normalized spacial score (nSPS) is 43.6. The third-order valence-electron chi connectivity index (χ3n) is 3.30. The van der Waals surface area contributed by atoms with E-state index in [4.69, 9.17) is 0 Å². The predicted molar refractivity (Wildman–Crippen MR) is 50.5 cm³/mol. The summed E-state index contributed by atoms with van der Waals surface area (Å²) in [7, 11) is 0. The molecule has 2 aliphatic heterocycles. The Balaban J connectivity index is 2.09. The van der Waals surface area contributed by atoms with Crippen molar-refractivity contribution in [2.45, 2.75) is 44.4 Å². The Morgan fingerprint density at radius 2 is 2.00 bits per heavy atom. The highest BCUT2D eigenvalue weighted by Crippen LogP contribution is 2.30. The molecule has 4 heteroatoms. The van der Waals surface area contributed by atoms with Crippen molar-refractivity contribution in [3.05, 3.63) is 0 Å². The summed E-state index contributed by atoms with van der Waals surface area (Å²) in [6.07, 6.45) is 0.643. The lowest BCUT2D eigenvalue weighted by atomic mass is 9.85. The van der Waals surface area contributed by atoms with Crippen LogP contribution in [0, 0.1) is 5.92 Å². The number of aliphatic hydroxyl groups excluding tert-OH is 2. The quantitative estimate of drug-likeness (QED) is 0.565. The predicted octanol–water partition coefficient (Wildman–Crippen LogP) is -0.261. The van der Waals surface area contributed by atoms with Crippen LogP contribution in [0.15, 0.2) is 0 Å². The number of nitrogens with zero attached hydrogens (tertiary/aromatic N) is 1. The third kappa shape index (κ3) is 1.64. The molecule has 4 atom stereocenters. The van der Waals surface area contributed by atoms with E-state index in [1.54, 1.807) is 4.90 Å². The van der Waals surface area contributed by atoms with Gasteiger partial charge in [-0.05, 0) is 18.8 Å². The first-order chi connectivity index (χ1) is 6.58. The van der Waals surface area contributed by atoms with Crippen LogP contribution in [0.5, 0.6) is 0 Å². The fraction of sp³-hybridized carbons (Fsp3) is 0.900. The standard InChI is InChI=1S/C10H17NO3/c1-6-2-7-4-8(12)9(13)5-11(7)10(14)3-6/h6-9,12-13H,2-5H2,1H3. The maximum atomic E-state index is 11.6. The van der Waals surface area contributed by atoms with Crippen LogP contribution in [0.2, 0.25) is 0 Å². The first-order valence-electron chi connectivity index (χ1n) is 5.23. The van der Waals surface area contributed by atoms with Crippen LogP contribution in [0.1, 0.15) is 26.2 Å². The van der Waals surface area contributed by atoms with E-state index in [1.807, 2.05) is 0 Å². The summed E-state index contributed by atoms with van der Waals surface area (Å²) in [5.41, 5.74) is 0. The van der Waals surface area contributed by atoms with Gasteiger partial charge in [-0.3, -0.25) is 4.79 Å². The minimum absolute atomic E-state index is 0.125. The molecule has 2 fully saturated rings. The number of carbonyl (C=O) groups is 1. The Morgan fingerprint density at radius 3 is 2.71 bits per heavy atom. The maximum absolute atomic E-state index is 11.6. The monoisotopic (exact) mass is 199 g/mol. The van der Waals surface area contributed by atoms with Crippen LogP contribution in [0.25, 0.3) is 0 Å². The van der Waals surface area contributed by atoms with Crippen molar-refractivity contribution in [3.63, 3.8) is 0 Å². The van der Waals surface area contributed by atoms with Crippen molar-refractivity contribution < 1.29 is 15.0 Å². The molecule has 0 bridgehead atoms. The number of rotatable bonds is 0. The van der Waals surface area contributed by atoms with Crippen LogP contribution in [-0.4, -0.2) is 45.8 Å². The number of hydrogen-bond acceptors (Lipinski definition) is 3. The Labute approximate surface area is 83.5 Å². The molecule has 0 aromatic heterocycles. The van der Waals surface area contributed by atoms with Crippen molar-refractivity contribution in [1.82, 2.24) is 4.90 Å². The number of carbonyl (C=O) groups excluding carboxylic acids is 1. The summed E-state index contributed by atoms with van der Waals surface area (Å²) in [6.45, 7) is 2.37. The zero-order valence-corrected chi connectivity index (χ0v) is 8.39. The summed E-state index contributed by atoms with van der Waals surface area (Å²) in [5.74, 6) is 0.533. The molecule has 0 aromatic carbocycles. The molecule has 0 aliphatic carbocycles. The second-order valence-corrected chi connectivity index (χ2v) is 4.62. The molecule has 4 nitrogen and oxygen atoms in total. The van der Waals surface area contributed by atoms with Gasteiger partial charge in [0.15, 0.2) is 0 Å². The van der Waals surface area contributed by atoms with E-state index in [0.717, 1.165) is 6.42 Å². The molecular weight excluding hydrogens is 182 g/mol. The van der Waals surface area contributed by atoms with Gasteiger partial charge in [-0.2, -0.15) is 0 Å². The Bertz CT molecular complexity index is 244. The molecular formula is C10H17NO3. The highest BCUT2D eigenvalue weighted by Gasteiger charge is 2.39. The second-order valence-electron chi connectivity index (χ2n) is 4.62. The minimum Gasteiger partial charge on any atom is -0.390 e. The van der Waals surface area contributed by atoms with Crippen molar-refractivity contribution in [1.29, 1.82) is 0 Å². The van der Waals surface area contributed by atoms with Gasteiger partial charge in [0.05, 0.1) is 12.2 Å². The average Bonchev–Trinajstić information content (AvgIpc) is 2.08. The largest absolute Gasteiger partial charge is 0.390 e. The molecule has 80 valence electrons. The van der Waals surface area contributed by atoms with Crippen LogP contribution in [0.3, 0.4) is 0 Å². The zero-order valence-electron chi connectivity index (χ0n) is 8.39. The van der Waals surface area contributed by atoms with Gasteiger partial charge in [0.1, 0.15) is 0 Å². The molecule has 14 heavy (non-hydrogen) atoms. The van der Waals surface area contributed by atoms with E-state index in [-0.39, 0.29) is 11.9 Å². The summed E-state index contributed by atoms with van der Waals surface area (Å²) in [4.78, 5) is 13.4. The smallest absolute Gasteiger partial charge is 0.223 e. The third-order valence-corrected chi connectivity index (χ3v) is 3.30. The lowest BCUT2D eigenvalue weighted by molar-refractivity contribution is -0.149. The van der Waals surface area contributed by atoms with Crippen LogP contribution in [0.4, 0.5) is 0 Å². The lowest BCUT2D eigenvalue weighted by Gasteiger charge is -2.44. The molecule has 2 rings (SSSR count). The SMILES string of the molecule is CC1CC(=O)N2CC(O)C(O)CC2C1. The number of hydrogen-bond donors (Lipinski definition) is 2. The number of fused-ring (bicyclic) bond motifs is 1. The molecule has 0 aromatic rings. The molecule has 2 heterocycles. The number of amides is 1. The van der Waals surface area contributed by atoms with Gasteiger partial charge in [-0.15, -0.1) is 0 Å². The van der Waals surface area contributed by atoms with E-state index in [1.165, 1.54) is 0 Å². The summed E-state index contributed by atoms with van der Waals surface area (Å²) in [6, 6.07) is 0.143. The number of piperidine rings is 2. The van der Waals surface area contributed by atoms with Gasteiger partial charge in [0, 0.05) is 19.0 Å². The first-order valence-corrected chi connectivity index (χ1v) is 5.23. The average molecular weight is 199 g/mol. The summed E-state index contributed by atoms with van der Waals surface area (Å²) < 4.78 is 0. The molecule has 2 N–H and O–H groups in total. The van der Waals surface area contributed by atoms with Gasteiger partial charge < -0.3 is 15.1 Å². The molecule has 2 aliphatic rings. The first kappa shape index (κ1) is 9.93. The molecule has 0 saturated carbocycles. The zero-order chi connectivity index (χ0) is 10.3. The van der Waals surface area contributed by atoms with E-state index >= 15 is 0 Å². The van der Waals surface area contributed by atoms with Crippen LogP contribution in [-0.2, 0) is 4.79 Å². The van der Waals surface area contributed by atoms with Gasteiger partial charge >= 0.3 is 0 Å². The van der Waals surface area contributed by atoms with E-state index < -0.39 is 12.2 Å². The van der Waals surface area contributed by atoms with Crippen LogP contribution < -0.4 is 0 Å².